The summed E-state index contributed by atoms with van der Waals surface area (Å²) in [4.78, 5) is 13.6. The summed E-state index contributed by atoms with van der Waals surface area (Å²) in [5, 5.41) is 4.06. The minimum Gasteiger partial charge on any atom is -0.273 e. The first-order valence-corrected chi connectivity index (χ1v) is 10.4. The molecule has 1 fully saturated rings. The molecule has 1 aromatic heterocycles. The van der Waals surface area contributed by atoms with Crippen LogP contribution in [0.15, 0.2) is 41.5 Å². The quantitative estimate of drug-likeness (QED) is 0.655. The van der Waals surface area contributed by atoms with Gasteiger partial charge in [-0.25, -0.2) is 18.2 Å². The number of carbonyl (C=O) groups excluding carboxylic acids is 1. The number of halogens is 1. The van der Waals surface area contributed by atoms with Crippen LogP contribution in [0.2, 0.25) is 0 Å². The van der Waals surface area contributed by atoms with Crippen molar-refractivity contribution in [3.8, 4) is 10.4 Å². The van der Waals surface area contributed by atoms with E-state index in [1.165, 1.54) is 17.4 Å². The Labute approximate surface area is 149 Å². The molecule has 1 atom stereocenters. The molecule has 3 rings (SSSR count). The number of hydrogen-bond donors (Lipinski definition) is 1. The Morgan fingerprint density at radius 1 is 1.28 bits per heavy atom. The molecule has 1 N–H and O–H groups in total. The van der Waals surface area contributed by atoms with E-state index in [2.05, 4.69) is 10.5 Å². The number of thiophene rings is 1. The molecule has 5 nitrogen and oxygen atoms in total. The van der Waals surface area contributed by atoms with Crippen LogP contribution in [-0.4, -0.2) is 31.5 Å². The van der Waals surface area contributed by atoms with Crippen LogP contribution < -0.4 is 5.43 Å². The number of hydrazone groups is 1. The molecular weight excluding hydrogens is 363 g/mol. The molecule has 0 spiro atoms. The average Bonchev–Trinajstić information content (AvgIpc) is 3.19. The zero-order chi connectivity index (χ0) is 18.0. The SMILES string of the molecule is CC(=NNC(=O)C1CCS(=O)(=O)C1)c1ccc(-c2ccccc2F)s1. The first-order chi connectivity index (χ1) is 11.9. The maximum atomic E-state index is 13.8. The number of nitrogens with zero attached hydrogens (tertiary/aromatic N) is 1. The van der Waals surface area contributed by atoms with Crippen molar-refractivity contribution in [2.45, 2.75) is 13.3 Å². The van der Waals surface area contributed by atoms with Gasteiger partial charge in [0.15, 0.2) is 9.84 Å². The Morgan fingerprint density at radius 2 is 2.04 bits per heavy atom. The Balaban J connectivity index is 1.69. The van der Waals surface area contributed by atoms with Crippen molar-refractivity contribution in [3.05, 3.63) is 47.1 Å². The summed E-state index contributed by atoms with van der Waals surface area (Å²) in [5.74, 6) is -1.29. The van der Waals surface area contributed by atoms with Crippen molar-refractivity contribution in [2.24, 2.45) is 11.0 Å². The third kappa shape index (κ3) is 4.13. The normalized spacial score (nSPS) is 19.8. The zero-order valence-electron chi connectivity index (χ0n) is 13.5. The second kappa shape index (κ2) is 7.05. The van der Waals surface area contributed by atoms with Gasteiger partial charge in [-0.3, -0.25) is 4.79 Å². The van der Waals surface area contributed by atoms with E-state index in [9.17, 15) is 17.6 Å². The number of rotatable bonds is 4. The highest BCUT2D eigenvalue weighted by Gasteiger charge is 2.32. The Morgan fingerprint density at radius 3 is 2.72 bits per heavy atom. The fraction of sp³-hybridized carbons (Fsp3) is 0.294. The molecule has 1 saturated heterocycles. The largest absolute Gasteiger partial charge is 0.273 e. The van der Waals surface area contributed by atoms with Gasteiger partial charge in [0.25, 0.3) is 0 Å². The van der Waals surface area contributed by atoms with Gasteiger partial charge in [0.1, 0.15) is 5.82 Å². The molecule has 2 heterocycles. The number of benzene rings is 1. The molecule has 0 aliphatic carbocycles. The van der Waals surface area contributed by atoms with E-state index in [0.29, 0.717) is 17.7 Å². The topological polar surface area (TPSA) is 75.6 Å². The fourth-order valence-electron chi connectivity index (χ4n) is 2.63. The Kier molecular flexibility index (Phi) is 5.01. The maximum Gasteiger partial charge on any atom is 0.244 e. The predicted molar refractivity (Wildman–Crippen MR) is 96.8 cm³/mol. The van der Waals surface area contributed by atoms with Crippen molar-refractivity contribution in [3.63, 3.8) is 0 Å². The molecule has 132 valence electrons. The van der Waals surface area contributed by atoms with Crippen molar-refractivity contribution in [2.75, 3.05) is 11.5 Å². The predicted octanol–water partition coefficient (Wildman–Crippen LogP) is 2.83. The van der Waals surface area contributed by atoms with Crippen molar-refractivity contribution < 1.29 is 17.6 Å². The van der Waals surface area contributed by atoms with Gasteiger partial charge < -0.3 is 0 Å². The van der Waals surface area contributed by atoms with Crippen LogP contribution in [0, 0.1) is 11.7 Å². The molecule has 0 bridgehead atoms. The molecule has 1 amide bonds. The first-order valence-electron chi connectivity index (χ1n) is 7.75. The number of carbonyl (C=O) groups is 1. The standard InChI is InChI=1S/C17H17FN2O3S2/c1-11(19-20-17(21)12-8-9-25(22,23)10-12)15-6-7-16(24-15)13-4-2-3-5-14(13)18/h2-7,12H,8-10H2,1H3,(H,20,21). The smallest absolute Gasteiger partial charge is 0.244 e. The van der Waals surface area contributed by atoms with Gasteiger partial charge in [0.05, 0.1) is 28.0 Å². The maximum absolute atomic E-state index is 13.8. The highest BCUT2D eigenvalue weighted by molar-refractivity contribution is 7.91. The van der Waals surface area contributed by atoms with Gasteiger partial charge in [0.2, 0.25) is 5.91 Å². The van der Waals surface area contributed by atoms with Crippen molar-refractivity contribution >= 4 is 32.8 Å². The summed E-state index contributed by atoms with van der Waals surface area (Å²) in [7, 11) is -3.11. The summed E-state index contributed by atoms with van der Waals surface area (Å²) in [6.45, 7) is 1.74. The van der Waals surface area contributed by atoms with E-state index in [4.69, 9.17) is 0 Å². The molecule has 25 heavy (non-hydrogen) atoms. The van der Waals surface area contributed by atoms with Gasteiger partial charge in [-0.05, 0) is 31.5 Å². The Bertz CT molecular complexity index is 935. The zero-order valence-corrected chi connectivity index (χ0v) is 15.2. The van der Waals surface area contributed by atoms with Crippen LogP contribution in [0.25, 0.3) is 10.4 Å². The molecule has 0 saturated carbocycles. The van der Waals surface area contributed by atoms with Crippen LogP contribution >= 0.6 is 11.3 Å². The van der Waals surface area contributed by atoms with Crippen LogP contribution in [0.1, 0.15) is 18.2 Å². The summed E-state index contributed by atoms with van der Waals surface area (Å²) in [5.41, 5.74) is 3.54. The lowest BCUT2D eigenvalue weighted by molar-refractivity contribution is -0.124. The number of sulfone groups is 1. The molecular formula is C17H17FN2O3S2. The van der Waals surface area contributed by atoms with Gasteiger partial charge in [-0.1, -0.05) is 18.2 Å². The third-order valence-corrected chi connectivity index (χ3v) is 7.03. The van der Waals surface area contributed by atoms with Gasteiger partial charge in [-0.2, -0.15) is 5.10 Å². The lowest BCUT2D eigenvalue weighted by Gasteiger charge is -2.05. The number of nitrogens with one attached hydrogen (secondary N) is 1. The van der Waals surface area contributed by atoms with E-state index >= 15 is 0 Å². The summed E-state index contributed by atoms with van der Waals surface area (Å²) in [6.07, 6.45) is 0.333. The summed E-state index contributed by atoms with van der Waals surface area (Å²) >= 11 is 1.37. The third-order valence-electron chi connectivity index (χ3n) is 4.04. The molecule has 8 heteroatoms. The van der Waals surface area contributed by atoms with Crippen molar-refractivity contribution in [1.29, 1.82) is 0 Å². The lowest BCUT2D eigenvalue weighted by Crippen LogP contribution is -2.28. The average molecular weight is 380 g/mol. The second-order valence-electron chi connectivity index (χ2n) is 5.92. The lowest BCUT2D eigenvalue weighted by atomic mass is 10.1. The van der Waals surface area contributed by atoms with Crippen LogP contribution in [0.5, 0.6) is 0 Å². The second-order valence-corrected chi connectivity index (χ2v) is 9.23. The summed E-state index contributed by atoms with van der Waals surface area (Å²) < 4.78 is 36.7. The van der Waals surface area contributed by atoms with E-state index in [0.717, 1.165) is 9.75 Å². The molecule has 1 unspecified atom stereocenters. The first kappa shape index (κ1) is 17.8. The molecule has 2 aromatic rings. The van der Waals surface area contributed by atoms with E-state index in [1.54, 1.807) is 25.1 Å². The molecule has 0 radical (unpaired) electrons. The minimum absolute atomic E-state index is 0.0463. The molecule has 1 aliphatic heterocycles. The number of amides is 1. The van der Waals surface area contributed by atoms with Gasteiger partial charge >= 0.3 is 0 Å². The van der Waals surface area contributed by atoms with E-state index in [1.807, 2.05) is 12.1 Å². The van der Waals surface area contributed by atoms with Gasteiger partial charge in [-0.15, -0.1) is 11.3 Å². The highest BCUT2D eigenvalue weighted by atomic mass is 32.2. The van der Waals surface area contributed by atoms with E-state index < -0.39 is 15.8 Å². The monoisotopic (exact) mass is 380 g/mol. The highest BCUT2D eigenvalue weighted by Crippen LogP contribution is 2.30. The van der Waals surface area contributed by atoms with Crippen LogP contribution in [-0.2, 0) is 14.6 Å². The summed E-state index contributed by atoms with van der Waals surface area (Å²) in [6, 6.07) is 10.2. The Hall–Kier alpha value is -2.06. The minimum atomic E-state index is -3.11. The van der Waals surface area contributed by atoms with Crippen LogP contribution in [0.3, 0.4) is 0 Å². The number of hydrogen-bond acceptors (Lipinski definition) is 5. The molecule has 1 aliphatic rings. The molecule has 1 aromatic carbocycles. The van der Waals surface area contributed by atoms with E-state index in [-0.39, 0.29) is 23.2 Å². The fourth-order valence-corrected chi connectivity index (χ4v) is 5.34. The van der Waals surface area contributed by atoms with Crippen molar-refractivity contribution in [1.82, 2.24) is 5.43 Å². The van der Waals surface area contributed by atoms with Gasteiger partial charge in [0, 0.05) is 10.4 Å². The van der Waals surface area contributed by atoms with Crippen LogP contribution in [0.4, 0.5) is 4.39 Å².